The van der Waals surface area contributed by atoms with Crippen LogP contribution < -0.4 is 0 Å². The Hall–Kier alpha value is -1.18. The lowest BCUT2D eigenvalue weighted by molar-refractivity contribution is -0.108. The summed E-state index contributed by atoms with van der Waals surface area (Å²) in [4.78, 5) is 14.5. The first-order valence-electron chi connectivity index (χ1n) is 3.78. The maximum atomic E-state index is 10.3. The molecule has 0 bridgehead atoms. The van der Waals surface area contributed by atoms with Crippen molar-refractivity contribution >= 4 is 6.29 Å². The van der Waals surface area contributed by atoms with Gasteiger partial charge in [0.25, 0.3) is 0 Å². The van der Waals surface area contributed by atoms with Crippen molar-refractivity contribution in [3.63, 3.8) is 0 Å². The van der Waals surface area contributed by atoms with Crippen LogP contribution in [0.3, 0.4) is 0 Å². The summed E-state index contributed by atoms with van der Waals surface area (Å²) in [5.74, 6) is 0.651. The fraction of sp³-hybridized carbons (Fsp3) is 0.333. The number of aromatic nitrogens is 1. The van der Waals surface area contributed by atoms with Gasteiger partial charge in [-0.1, -0.05) is 6.07 Å². The second-order valence-electron chi connectivity index (χ2n) is 2.90. The predicted octanol–water partition coefficient (Wildman–Crippen LogP) is 1.38. The lowest BCUT2D eigenvalue weighted by Gasteiger charge is -1.93. The van der Waals surface area contributed by atoms with Crippen LogP contribution in [0.15, 0.2) is 24.4 Å². The first-order valence-corrected chi connectivity index (χ1v) is 3.78. The number of carbonyl (C=O) groups excluding carboxylic acids is 1. The Bertz CT molecular complexity index is 258. The number of nitrogens with zero attached hydrogens (tertiary/aromatic N) is 1. The SMILES string of the molecule is O=CC1CC1c1ccccn1. The minimum atomic E-state index is 0.241. The molecule has 1 aromatic rings. The molecule has 1 heterocycles. The molecule has 2 unspecified atom stereocenters. The Balaban J connectivity index is 2.14. The molecule has 1 fully saturated rings. The fourth-order valence-electron chi connectivity index (χ4n) is 1.30. The summed E-state index contributed by atoms with van der Waals surface area (Å²) >= 11 is 0. The summed E-state index contributed by atoms with van der Waals surface area (Å²) in [7, 11) is 0. The highest BCUT2D eigenvalue weighted by molar-refractivity contribution is 5.60. The van der Waals surface area contributed by atoms with Crippen molar-refractivity contribution in [2.75, 3.05) is 0 Å². The van der Waals surface area contributed by atoms with Crippen LogP contribution in [-0.4, -0.2) is 11.3 Å². The molecule has 0 radical (unpaired) electrons. The lowest BCUT2D eigenvalue weighted by Crippen LogP contribution is -1.86. The quantitative estimate of drug-likeness (QED) is 0.591. The highest BCUT2D eigenvalue weighted by Gasteiger charge is 2.38. The van der Waals surface area contributed by atoms with Crippen LogP contribution in [0.2, 0.25) is 0 Å². The molecule has 56 valence electrons. The first kappa shape index (κ1) is 6.53. The van der Waals surface area contributed by atoms with Crippen molar-refractivity contribution in [2.45, 2.75) is 12.3 Å². The maximum absolute atomic E-state index is 10.3. The van der Waals surface area contributed by atoms with E-state index in [1.54, 1.807) is 6.20 Å². The summed E-state index contributed by atoms with van der Waals surface area (Å²) in [6.45, 7) is 0. The van der Waals surface area contributed by atoms with Gasteiger partial charge in [0.1, 0.15) is 6.29 Å². The lowest BCUT2D eigenvalue weighted by atomic mass is 10.2. The molecule has 0 amide bonds. The van der Waals surface area contributed by atoms with Gasteiger partial charge in [0.2, 0.25) is 0 Å². The smallest absolute Gasteiger partial charge is 0.123 e. The van der Waals surface area contributed by atoms with Gasteiger partial charge in [-0.25, -0.2) is 0 Å². The molecule has 2 nitrogen and oxygen atoms in total. The Labute approximate surface area is 65.3 Å². The Morgan fingerprint density at radius 2 is 2.45 bits per heavy atom. The third-order valence-electron chi connectivity index (χ3n) is 2.08. The van der Waals surface area contributed by atoms with E-state index in [0.29, 0.717) is 5.92 Å². The topological polar surface area (TPSA) is 30.0 Å². The Morgan fingerprint density at radius 1 is 1.55 bits per heavy atom. The van der Waals surface area contributed by atoms with Crippen LogP contribution in [0, 0.1) is 5.92 Å². The van der Waals surface area contributed by atoms with E-state index >= 15 is 0 Å². The molecule has 1 aromatic heterocycles. The molecule has 2 rings (SSSR count). The molecule has 0 spiro atoms. The summed E-state index contributed by atoms with van der Waals surface area (Å²) < 4.78 is 0. The number of hydrogen-bond acceptors (Lipinski definition) is 2. The molecule has 1 aliphatic rings. The average molecular weight is 147 g/mol. The van der Waals surface area contributed by atoms with Crippen molar-refractivity contribution < 1.29 is 4.79 Å². The van der Waals surface area contributed by atoms with E-state index in [1.807, 2.05) is 18.2 Å². The second kappa shape index (κ2) is 2.46. The molecule has 2 atom stereocenters. The number of hydrogen-bond donors (Lipinski definition) is 0. The molecule has 1 aliphatic carbocycles. The first-order chi connectivity index (χ1) is 5.42. The van der Waals surface area contributed by atoms with Crippen molar-refractivity contribution in [3.8, 4) is 0 Å². The number of pyridine rings is 1. The van der Waals surface area contributed by atoms with Gasteiger partial charge in [-0.3, -0.25) is 4.98 Å². The van der Waals surface area contributed by atoms with Gasteiger partial charge in [0, 0.05) is 23.7 Å². The minimum Gasteiger partial charge on any atom is -0.303 e. The maximum Gasteiger partial charge on any atom is 0.123 e. The molecule has 2 heteroatoms. The third-order valence-corrected chi connectivity index (χ3v) is 2.08. The highest BCUT2D eigenvalue weighted by atomic mass is 16.1. The van der Waals surface area contributed by atoms with Gasteiger partial charge in [-0.05, 0) is 18.6 Å². The Morgan fingerprint density at radius 3 is 3.00 bits per heavy atom. The van der Waals surface area contributed by atoms with Crippen LogP contribution in [0.4, 0.5) is 0 Å². The average Bonchev–Trinajstić information content (AvgIpc) is 2.85. The molecule has 11 heavy (non-hydrogen) atoms. The summed E-state index contributed by atoms with van der Waals surface area (Å²) in [5.41, 5.74) is 1.06. The van der Waals surface area contributed by atoms with Crippen LogP contribution in [-0.2, 0) is 4.79 Å². The van der Waals surface area contributed by atoms with Crippen molar-refractivity contribution in [3.05, 3.63) is 30.1 Å². The standard InChI is InChI=1S/C9H9NO/c11-6-7-5-8(7)9-3-1-2-4-10-9/h1-4,6-8H,5H2. The van der Waals surface area contributed by atoms with E-state index in [-0.39, 0.29) is 5.92 Å². The fourth-order valence-corrected chi connectivity index (χ4v) is 1.30. The molecule has 0 N–H and O–H groups in total. The molecule has 0 aliphatic heterocycles. The van der Waals surface area contributed by atoms with Crippen LogP contribution in [0.5, 0.6) is 0 Å². The van der Waals surface area contributed by atoms with Gasteiger partial charge < -0.3 is 4.79 Å². The summed E-state index contributed by atoms with van der Waals surface area (Å²) in [6.07, 6.45) is 3.79. The largest absolute Gasteiger partial charge is 0.303 e. The zero-order chi connectivity index (χ0) is 7.68. The highest BCUT2D eigenvalue weighted by Crippen LogP contribution is 2.44. The number of rotatable bonds is 2. The molecular weight excluding hydrogens is 138 g/mol. The number of carbonyl (C=O) groups is 1. The molecule has 0 aromatic carbocycles. The number of aldehydes is 1. The molecule has 1 saturated carbocycles. The minimum absolute atomic E-state index is 0.241. The second-order valence-corrected chi connectivity index (χ2v) is 2.90. The monoisotopic (exact) mass is 147 g/mol. The van der Waals surface area contributed by atoms with Gasteiger partial charge >= 0.3 is 0 Å². The van der Waals surface area contributed by atoms with E-state index in [9.17, 15) is 4.79 Å². The zero-order valence-corrected chi connectivity index (χ0v) is 6.10. The van der Waals surface area contributed by atoms with E-state index in [4.69, 9.17) is 0 Å². The van der Waals surface area contributed by atoms with Gasteiger partial charge in [-0.2, -0.15) is 0 Å². The van der Waals surface area contributed by atoms with Crippen LogP contribution >= 0.6 is 0 Å². The van der Waals surface area contributed by atoms with Gasteiger partial charge in [0.05, 0.1) is 0 Å². The van der Waals surface area contributed by atoms with E-state index in [1.165, 1.54) is 0 Å². The molecule has 0 saturated heterocycles. The van der Waals surface area contributed by atoms with Gasteiger partial charge in [-0.15, -0.1) is 0 Å². The van der Waals surface area contributed by atoms with Crippen LogP contribution in [0.1, 0.15) is 18.0 Å². The van der Waals surface area contributed by atoms with E-state index in [0.717, 1.165) is 18.4 Å². The van der Waals surface area contributed by atoms with E-state index < -0.39 is 0 Å². The van der Waals surface area contributed by atoms with Crippen molar-refractivity contribution in [1.29, 1.82) is 0 Å². The van der Waals surface area contributed by atoms with Crippen LogP contribution in [0.25, 0.3) is 0 Å². The Kier molecular flexibility index (Phi) is 1.46. The third kappa shape index (κ3) is 1.16. The van der Waals surface area contributed by atoms with Crippen molar-refractivity contribution in [1.82, 2.24) is 4.98 Å². The zero-order valence-electron chi connectivity index (χ0n) is 6.10. The summed E-state index contributed by atoms with van der Waals surface area (Å²) in [5, 5.41) is 0. The molecular formula is C9H9NO. The van der Waals surface area contributed by atoms with Crippen molar-refractivity contribution in [2.24, 2.45) is 5.92 Å². The predicted molar refractivity (Wildman–Crippen MR) is 41.1 cm³/mol. The van der Waals surface area contributed by atoms with Gasteiger partial charge in [0.15, 0.2) is 0 Å². The van der Waals surface area contributed by atoms with E-state index in [2.05, 4.69) is 4.98 Å². The normalized spacial score (nSPS) is 28.0. The summed E-state index contributed by atoms with van der Waals surface area (Å²) in [6, 6.07) is 5.83.